The van der Waals surface area contributed by atoms with Gasteiger partial charge in [-0.3, -0.25) is 0 Å². The highest BCUT2D eigenvalue weighted by Crippen LogP contribution is 2.26. The molecule has 0 bridgehead atoms. The molecule has 0 fully saturated rings. The Balaban J connectivity index is 2.10. The van der Waals surface area contributed by atoms with Gasteiger partial charge in [0.25, 0.3) is 0 Å². The number of hydrogen-bond donors (Lipinski definition) is 1. The second-order valence-corrected chi connectivity index (χ2v) is 6.22. The molecule has 0 saturated carbocycles. The highest BCUT2D eigenvalue weighted by atomic mass is 32.2. The summed E-state index contributed by atoms with van der Waals surface area (Å²) in [4.78, 5) is 24.3. The van der Waals surface area contributed by atoms with Crippen molar-refractivity contribution in [3.63, 3.8) is 0 Å². The molecule has 0 aromatic heterocycles. The van der Waals surface area contributed by atoms with E-state index in [2.05, 4.69) is 4.28 Å². The summed E-state index contributed by atoms with van der Waals surface area (Å²) in [6.07, 6.45) is 0. The Labute approximate surface area is 127 Å². The standard InChI is InChI=1S/C13H6F3NO5S/c14-13(15,16)23(20,21)22-17-11(18)9-6-5-7-3-1-2-4-8(7)10(9)12(17)19/h1-6H/p+1. The molecule has 0 radical (unpaired) electrons. The third-order valence-electron chi connectivity index (χ3n) is 3.29. The van der Waals surface area contributed by atoms with Crippen molar-refractivity contribution in [2.24, 2.45) is 0 Å². The lowest BCUT2D eigenvalue weighted by atomic mass is 10.0. The zero-order valence-corrected chi connectivity index (χ0v) is 11.9. The van der Waals surface area contributed by atoms with E-state index in [1.807, 2.05) is 0 Å². The van der Waals surface area contributed by atoms with Crippen LogP contribution in [0.15, 0.2) is 36.4 Å². The van der Waals surface area contributed by atoms with E-state index in [1.54, 1.807) is 18.2 Å². The van der Waals surface area contributed by atoms with Crippen molar-refractivity contribution < 1.29 is 40.5 Å². The molecule has 3 rings (SSSR count). The van der Waals surface area contributed by atoms with Crippen molar-refractivity contribution >= 4 is 32.7 Å². The molecule has 6 nitrogen and oxygen atoms in total. The smallest absolute Gasteiger partial charge is 0.221 e. The van der Waals surface area contributed by atoms with Crippen LogP contribution < -0.4 is 5.06 Å². The summed E-state index contributed by atoms with van der Waals surface area (Å²) in [6, 6.07) is 9.13. The third-order valence-corrected chi connectivity index (χ3v) is 4.24. The second kappa shape index (κ2) is 4.85. The lowest BCUT2D eigenvalue weighted by Crippen LogP contribution is -3.14. The van der Waals surface area contributed by atoms with Gasteiger partial charge < -0.3 is 0 Å². The van der Waals surface area contributed by atoms with E-state index in [1.165, 1.54) is 18.2 Å². The Hall–Kier alpha value is -2.30. The fourth-order valence-corrected chi connectivity index (χ4v) is 2.74. The Bertz CT molecular complexity index is 952. The number of hydrogen-bond acceptors (Lipinski definition) is 5. The van der Waals surface area contributed by atoms with Crippen LogP contribution in [-0.2, 0) is 14.4 Å². The first-order valence-corrected chi connectivity index (χ1v) is 7.53. The highest BCUT2D eigenvalue weighted by Gasteiger charge is 2.56. The summed E-state index contributed by atoms with van der Waals surface area (Å²) >= 11 is 0. The molecule has 0 aliphatic carbocycles. The monoisotopic (exact) mass is 346 g/mol. The van der Waals surface area contributed by atoms with E-state index in [0.29, 0.717) is 10.8 Å². The number of quaternary nitrogens is 1. The van der Waals surface area contributed by atoms with Gasteiger partial charge in [-0.1, -0.05) is 30.3 Å². The van der Waals surface area contributed by atoms with Crippen molar-refractivity contribution in [3.8, 4) is 0 Å². The van der Waals surface area contributed by atoms with E-state index in [9.17, 15) is 31.2 Å². The van der Waals surface area contributed by atoms with Crippen LogP contribution in [0.5, 0.6) is 0 Å². The molecule has 1 N–H and O–H groups in total. The molecule has 1 aliphatic heterocycles. The van der Waals surface area contributed by atoms with Crippen LogP contribution in [0, 0.1) is 0 Å². The summed E-state index contributed by atoms with van der Waals surface area (Å²) in [7, 11) is -6.10. The summed E-state index contributed by atoms with van der Waals surface area (Å²) in [5.41, 5.74) is -6.10. The molecule has 2 aromatic rings. The maximum absolute atomic E-state index is 12.4. The molecule has 0 saturated heterocycles. The summed E-state index contributed by atoms with van der Waals surface area (Å²) in [5.74, 6) is -2.38. The van der Waals surface area contributed by atoms with Crippen molar-refractivity contribution in [1.29, 1.82) is 0 Å². The zero-order chi connectivity index (χ0) is 17.0. The first-order valence-electron chi connectivity index (χ1n) is 6.12. The van der Waals surface area contributed by atoms with Crippen LogP contribution in [0.3, 0.4) is 0 Å². The fraction of sp³-hybridized carbons (Fsp3) is 0.0769. The van der Waals surface area contributed by atoms with Gasteiger partial charge in [0.05, 0.1) is 0 Å². The van der Waals surface area contributed by atoms with Gasteiger partial charge in [-0.25, -0.2) is 9.59 Å². The fourth-order valence-electron chi connectivity index (χ4n) is 2.28. The molecule has 23 heavy (non-hydrogen) atoms. The number of amides is 2. The van der Waals surface area contributed by atoms with Crippen molar-refractivity contribution in [2.45, 2.75) is 5.51 Å². The number of carbonyl (C=O) groups is 2. The van der Waals surface area contributed by atoms with E-state index in [4.69, 9.17) is 0 Å². The van der Waals surface area contributed by atoms with Gasteiger partial charge in [0.2, 0.25) is 0 Å². The highest BCUT2D eigenvalue weighted by molar-refractivity contribution is 7.87. The normalized spacial score (nSPS) is 18.5. The summed E-state index contributed by atoms with van der Waals surface area (Å²) in [6.45, 7) is 0. The van der Waals surface area contributed by atoms with Crippen LogP contribution in [-0.4, -0.2) is 25.7 Å². The second-order valence-electron chi connectivity index (χ2n) is 4.68. The van der Waals surface area contributed by atoms with E-state index >= 15 is 0 Å². The maximum Gasteiger partial charge on any atom is 0.528 e. The van der Waals surface area contributed by atoms with Crippen LogP contribution in [0.25, 0.3) is 10.8 Å². The first kappa shape index (κ1) is 15.6. The largest absolute Gasteiger partial charge is 0.528 e. The number of halogens is 3. The van der Waals surface area contributed by atoms with E-state index < -0.39 is 32.5 Å². The Morgan fingerprint density at radius 3 is 2.26 bits per heavy atom. The van der Waals surface area contributed by atoms with Crippen molar-refractivity contribution in [1.82, 2.24) is 0 Å². The molecule has 2 aromatic carbocycles. The molecular formula is C13H7F3NO5S+. The Morgan fingerprint density at radius 1 is 0.957 bits per heavy atom. The number of carbonyl (C=O) groups excluding carboxylic acids is 2. The number of fused-ring (bicyclic) bond motifs is 3. The van der Waals surface area contributed by atoms with Crippen molar-refractivity contribution in [2.75, 3.05) is 0 Å². The average molecular weight is 346 g/mol. The van der Waals surface area contributed by atoms with Crippen molar-refractivity contribution in [3.05, 3.63) is 47.5 Å². The molecule has 2 amide bonds. The zero-order valence-electron chi connectivity index (χ0n) is 11.0. The number of imide groups is 1. The quantitative estimate of drug-likeness (QED) is 0.643. The van der Waals surface area contributed by atoms with Crippen LogP contribution in [0.1, 0.15) is 20.7 Å². The number of rotatable bonds is 2. The van der Waals surface area contributed by atoms with Gasteiger partial charge in [0.1, 0.15) is 11.1 Å². The molecule has 1 atom stereocenters. The van der Waals surface area contributed by atoms with E-state index in [0.717, 1.165) is 0 Å². The maximum atomic E-state index is 12.4. The molecule has 0 spiro atoms. The van der Waals surface area contributed by atoms with Gasteiger partial charge in [0.15, 0.2) is 0 Å². The molecule has 1 aliphatic rings. The predicted molar refractivity (Wildman–Crippen MR) is 69.6 cm³/mol. The lowest BCUT2D eigenvalue weighted by Gasteiger charge is -2.08. The number of alkyl halides is 3. The van der Waals surface area contributed by atoms with Crippen LogP contribution in [0.2, 0.25) is 0 Å². The number of benzene rings is 2. The topological polar surface area (TPSA) is 81.9 Å². The van der Waals surface area contributed by atoms with Crippen LogP contribution in [0.4, 0.5) is 13.2 Å². The van der Waals surface area contributed by atoms with E-state index in [-0.39, 0.29) is 11.1 Å². The van der Waals surface area contributed by atoms with Gasteiger partial charge in [-0.2, -0.15) is 21.6 Å². The van der Waals surface area contributed by atoms with Gasteiger partial charge in [0, 0.05) is 0 Å². The van der Waals surface area contributed by atoms with Gasteiger partial charge in [-0.05, 0) is 26.2 Å². The minimum Gasteiger partial charge on any atom is -0.221 e. The minimum absolute atomic E-state index is 0.166. The Morgan fingerprint density at radius 2 is 1.61 bits per heavy atom. The summed E-state index contributed by atoms with van der Waals surface area (Å²) < 4.78 is 63.0. The number of hydroxylamine groups is 2. The average Bonchev–Trinajstić information content (AvgIpc) is 2.71. The summed E-state index contributed by atoms with van der Waals surface area (Å²) in [5, 5.41) is -0.465. The van der Waals surface area contributed by atoms with Gasteiger partial charge in [-0.15, -0.1) is 0 Å². The SMILES string of the molecule is O=C1c2ccc3ccccc3c2C(=O)[NH+]1OS(=O)(=O)C(F)(F)F. The molecular weight excluding hydrogens is 339 g/mol. The minimum atomic E-state index is -6.10. The van der Waals surface area contributed by atoms with Crippen LogP contribution >= 0.6 is 0 Å². The molecule has 1 heterocycles. The molecule has 120 valence electrons. The Kier molecular flexibility index (Phi) is 3.29. The molecule has 1 unspecified atom stereocenters. The number of nitrogens with one attached hydrogen (secondary N) is 1. The first-order chi connectivity index (χ1) is 10.6. The lowest BCUT2D eigenvalue weighted by molar-refractivity contribution is -0.915. The predicted octanol–water partition coefficient (Wildman–Crippen LogP) is 0.800. The third kappa shape index (κ3) is 2.31. The van der Waals surface area contributed by atoms with Gasteiger partial charge >= 0.3 is 27.4 Å². The molecule has 10 heteroatoms.